The average molecular weight is 278 g/mol. The third-order valence-electron chi connectivity index (χ3n) is 2.25. The van der Waals surface area contributed by atoms with E-state index in [9.17, 15) is 4.79 Å². The minimum absolute atomic E-state index is 0.207. The normalized spacial score (nSPS) is 10.8. The first-order chi connectivity index (χ1) is 9.27. The molecule has 114 valence electrons. The van der Waals surface area contributed by atoms with Crippen molar-refractivity contribution < 1.29 is 28.8 Å². The van der Waals surface area contributed by atoms with Crippen LogP contribution in [0.15, 0.2) is 0 Å². The van der Waals surface area contributed by atoms with Crippen LogP contribution in [0.25, 0.3) is 0 Å². The summed E-state index contributed by atoms with van der Waals surface area (Å²) >= 11 is 0. The summed E-state index contributed by atoms with van der Waals surface area (Å²) in [5.41, 5.74) is 0. The van der Waals surface area contributed by atoms with E-state index in [4.69, 9.17) is 24.1 Å². The van der Waals surface area contributed by atoms with Crippen LogP contribution in [-0.4, -0.2) is 63.9 Å². The molecule has 0 saturated carbocycles. The topological polar surface area (TPSA) is 74.2 Å². The second-order valence-electron chi connectivity index (χ2n) is 3.88. The maximum atomic E-state index is 10.2. The highest BCUT2D eigenvalue weighted by atomic mass is 16.6. The van der Waals surface area contributed by atoms with Crippen molar-refractivity contribution in [1.82, 2.24) is 0 Å². The molecule has 6 nitrogen and oxygen atoms in total. The van der Waals surface area contributed by atoms with E-state index < -0.39 is 5.97 Å². The summed E-state index contributed by atoms with van der Waals surface area (Å²) in [7, 11) is 0. The number of carboxylic acids is 1. The van der Waals surface area contributed by atoms with E-state index in [1.807, 2.05) is 6.92 Å². The number of unbranched alkanes of at least 4 members (excludes halogenated alkanes) is 1. The molecular formula is C13H26O6. The molecule has 0 radical (unpaired) electrons. The number of hydrogen-bond donors (Lipinski definition) is 1. The molecule has 0 fully saturated rings. The summed E-state index contributed by atoms with van der Waals surface area (Å²) in [5, 5.41) is 8.42. The smallest absolute Gasteiger partial charge is 0.303 e. The summed E-state index contributed by atoms with van der Waals surface area (Å²) in [6.07, 6.45) is 1.63. The van der Waals surface area contributed by atoms with Crippen LogP contribution in [0.4, 0.5) is 0 Å². The van der Waals surface area contributed by atoms with Gasteiger partial charge in [0.1, 0.15) is 0 Å². The lowest BCUT2D eigenvalue weighted by molar-refractivity contribution is -0.137. The van der Waals surface area contributed by atoms with Gasteiger partial charge in [-0.2, -0.15) is 0 Å². The Morgan fingerprint density at radius 1 is 0.789 bits per heavy atom. The van der Waals surface area contributed by atoms with Crippen molar-refractivity contribution >= 4 is 5.97 Å². The zero-order valence-electron chi connectivity index (χ0n) is 11.8. The lowest BCUT2D eigenvalue weighted by Gasteiger charge is -2.06. The standard InChI is InChI=1S/C13H26O6/c1-2-16-7-8-18-11-12-19-10-9-17-6-4-3-5-13(14)15/h2-12H2,1H3,(H,14,15). The average Bonchev–Trinajstić information content (AvgIpc) is 2.39. The molecular weight excluding hydrogens is 252 g/mol. The minimum Gasteiger partial charge on any atom is -0.481 e. The molecule has 0 aliphatic rings. The molecule has 0 unspecified atom stereocenters. The number of carboxylic acid groups (broad SMARTS) is 1. The minimum atomic E-state index is -0.757. The van der Waals surface area contributed by atoms with Crippen LogP contribution in [0.3, 0.4) is 0 Å². The first kappa shape index (κ1) is 18.3. The Hall–Kier alpha value is -0.690. The number of hydrogen-bond acceptors (Lipinski definition) is 5. The molecule has 0 aromatic heterocycles. The van der Waals surface area contributed by atoms with Gasteiger partial charge in [-0.15, -0.1) is 0 Å². The van der Waals surface area contributed by atoms with Crippen molar-refractivity contribution in [1.29, 1.82) is 0 Å². The van der Waals surface area contributed by atoms with Gasteiger partial charge in [-0.3, -0.25) is 4.79 Å². The molecule has 0 heterocycles. The summed E-state index contributed by atoms with van der Waals surface area (Å²) < 4.78 is 21.0. The molecule has 0 atom stereocenters. The van der Waals surface area contributed by atoms with Crippen molar-refractivity contribution in [2.24, 2.45) is 0 Å². The lowest BCUT2D eigenvalue weighted by Crippen LogP contribution is -2.12. The Morgan fingerprint density at radius 2 is 1.26 bits per heavy atom. The van der Waals surface area contributed by atoms with Gasteiger partial charge in [0.05, 0.1) is 39.6 Å². The molecule has 0 spiro atoms. The van der Waals surface area contributed by atoms with Gasteiger partial charge in [-0.1, -0.05) is 0 Å². The summed E-state index contributed by atoms with van der Waals surface area (Å²) in [6.45, 7) is 6.64. The Kier molecular flexibility index (Phi) is 14.8. The SMILES string of the molecule is CCOCCOCCOCCOCCCCC(=O)O. The van der Waals surface area contributed by atoms with Crippen LogP contribution in [-0.2, 0) is 23.7 Å². The van der Waals surface area contributed by atoms with Crippen LogP contribution in [0, 0.1) is 0 Å². The Labute approximate surface area is 115 Å². The highest BCUT2D eigenvalue weighted by Gasteiger charge is 1.96. The first-order valence-electron chi connectivity index (χ1n) is 6.80. The Balaban J connectivity index is 2.93. The fourth-order valence-corrected chi connectivity index (χ4v) is 1.28. The first-order valence-corrected chi connectivity index (χ1v) is 6.80. The molecule has 0 aromatic carbocycles. The van der Waals surface area contributed by atoms with Gasteiger partial charge in [0.15, 0.2) is 0 Å². The van der Waals surface area contributed by atoms with E-state index >= 15 is 0 Å². The van der Waals surface area contributed by atoms with Crippen molar-refractivity contribution in [3.63, 3.8) is 0 Å². The zero-order valence-corrected chi connectivity index (χ0v) is 11.8. The highest BCUT2D eigenvalue weighted by Crippen LogP contribution is 1.95. The van der Waals surface area contributed by atoms with E-state index in [1.165, 1.54) is 0 Å². The van der Waals surface area contributed by atoms with Gasteiger partial charge >= 0.3 is 5.97 Å². The van der Waals surface area contributed by atoms with Crippen LogP contribution < -0.4 is 0 Å². The molecule has 0 saturated heterocycles. The van der Waals surface area contributed by atoms with Gasteiger partial charge in [0, 0.05) is 19.6 Å². The third kappa shape index (κ3) is 17.3. The number of rotatable bonds is 15. The highest BCUT2D eigenvalue weighted by molar-refractivity contribution is 5.66. The van der Waals surface area contributed by atoms with E-state index in [2.05, 4.69) is 0 Å². The van der Waals surface area contributed by atoms with Crippen LogP contribution in [0.5, 0.6) is 0 Å². The lowest BCUT2D eigenvalue weighted by atomic mass is 10.2. The number of carbonyl (C=O) groups is 1. The molecule has 0 bridgehead atoms. The van der Waals surface area contributed by atoms with Gasteiger partial charge < -0.3 is 24.1 Å². The molecule has 1 N–H and O–H groups in total. The predicted octanol–water partition coefficient (Wildman–Crippen LogP) is 1.33. The molecule has 6 heteroatoms. The maximum Gasteiger partial charge on any atom is 0.303 e. The van der Waals surface area contributed by atoms with E-state index in [1.54, 1.807) is 0 Å². The fraction of sp³-hybridized carbons (Fsp3) is 0.923. The fourth-order valence-electron chi connectivity index (χ4n) is 1.28. The van der Waals surface area contributed by atoms with Crippen LogP contribution in [0.1, 0.15) is 26.2 Å². The van der Waals surface area contributed by atoms with E-state index in [0.717, 1.165) is 6.42 Å². The summed E-state index contributed by atoms with van der Waals surface area (Å²) in [5.74, 6) is -0.757. The molecule has 19 heavy (non-hydrogen) atoms. The molecule has 0 amide bonds. The molecule has 0 aliphatic carbocycles. The number of aliphatic carboxylic acids is 1. The van der Waals surface area contributed by atoms with Gasteiger partial charge in [-0.25, -0.2) is 0 Å². The maximum absolute atomic E-state index is 10.2. The monoisotopic (exact) mass is 278 g/mol. The van der Waals surface area contributed by atoms with E-state index in [0.29, 0.717) is 59.3 Å². The Morgan fingerprint density at radius 3 is 1.74 bits per heavy atom. The van der Waals surface area contributed by atoms with Crippen molar-refractivity contribution in [2.75, 3.05) is 52.9 Å². The zero-order chi connectivity index (χ0) is 14.2. The summed E-state index contributed by atoms with van der Waals surface area (Å²) in [4.78, 5) is 10.2. The molecule has 0 aromatic rings. The van der Waals surface area contributed by atoms with E-state index in [-0.39, 0.29) is 6.42 Å². The molecule has 0 rings (SSSR count). The predicted molar refractivity (Wildman–Crippen MR) is 70.4 cm³/mol. The van der Waals surface area contributed by atoms with Gasteiger partial charge in [0.2, 0.25) is 0 Å². The molecule has 0 aliphatic heterocycles. The van der Waals surface area contributed by atoms with Crippen LogP contribution in [0.2, 0.25) is 0 Å². The van der Waals surface area contributed by atoms with Gasteiger partial charge in [0.25, 0.3) is 0 Å². The Bertz CT molecular complexity index is 198. The number of ether oxygens (including phenoxy) is 4. The van der Waals surface area contributed by atoms with Crippen molar-refractivity contribution in [3.8, 4) is 0 Å². The third-order valence-corrected chi connectivity index (χ3v) is 2.25. The quantitative estimate of drug-likeness (QED) is 0.455. The van der Waals surface area contributed by atoms with Crippen molar-refractivity contribution in [2.45, 2.75) is 26.2 Å². The van der Waals surface area contributed by atoms with Crippen molar-refractivity contribution in [3.05, 3.63) is 0 Å². The summed E-state index contributed by atoms with van der Waals surface area (Å²) in [6, 6.07) is 0. The van der Waals surface area contributed by atoms with Crippen LogP contribution >= 0.6 is 0 Å². The second-order valence-corrected chi connectivity index (χ2v) is 3.88. The van der Waals surface area contributed by atoms with Gasteiger partial charge in [-0.05, 0) is 19.8 Å². The largest absolute Gasteiger partial charge is 0.481 e. The second kappa shape index (κ2) is 15.4.